The predicted octanol–water partition coefficient (Wildman–Crippen LogP) is 3.75. The van der Waals surface area contributed by atoms with Crippen molar-refractivity contribution in [1.29, 1.82) is 0 Å². The number of rotatable bonds is 7. The average Bonchev–Trinajstić information content (AvgIpc) is 3.31. The number of nitrogen functional groups attached to an aromatic ring is 1. The minimum Gasteiger partial charge on any atom is -0.493 e. The molecule has 9 nitrogen and oxygen atoms in total. The van der Waals surface area contributed by atoms with Gasteiger partial charge in [-0.1, -0.05) is 0 Å². The zero-order valence-corrected chi connectivity index (χ0v) is 18.9. The van der Waals surface area contributed by atoms with Crippen LogP contribution in [0.1, 0.15) is 30.6 Å². The van der Waals surface area contributed by atoms with E-state index in [1.54, 1.807) is 26.2 Å². The maximum Gasteiger partial charge on any atom is 0.433 e. The van der Waals surface area contributed by atoms with Gasteiger partial charge in [0, 0.05) is 24.0 Å². The lowest BCUT2D eigenvalue weighted by Gasteiger charge is -2.22. The summed E-state index contributed by atoms with van der Waals surface area (Å²) in [6.45, 7) is 4.98. The fraction of sp³-hybridized carbons (Fsp3) is 0.455. The second-order valence-corrected chi connectivity index (χ2v) is 8.04. The summed E-state index contributed by atoms with van der Waals surface area (Å²) in [5, 5.41) is 3.66. The first-order valence-electron chi connectivity index (χ1n) is 10.7. The van der Waals surface area contributed by atoms with E-state index >= 15 is 0 Å². The van der Waals surface area contributed by atoms with Crippen LogP contribution in [0.5, 0.6) is 11.5 Å². The van der Waals surface area contributed by atoms with Gasteiger partial charge in [-0.05, 0) is 32.4 Å². The van der Waals surface area contributed by atoms with Crippen molar-refractivity contribution in [3.8, 4) is 11.5 Å². The molecule has 1 fully saturated rings. The molecule has 0 spiro atoms. The molecular weight excluding hydrogens is 453 g/mol. The number of aromatic nitrogens is 4. The van der Waals surface area contributed by atoms with Crippen LogP contribution in [0.2, 0.25) is 0 Å². The topological polar surface area (TPSA) is 117 Å². The number of nitrogens with two attached hydrogens (primary N) is 1. The molecule has 1 aliphatic heterocycles. The lowest BCUT2D eigenvalue weighted by molar-refractivity contribution is -0.141. The number of fused-ring (bicyclic) bond motifs is 1. The van der Waals surface area contributed by atoms with Gasteiger partial charge in [0.2, 0.25) is 5.95 Å². The van der Waals surface area contributed by atoms with Crippen molar-refractivity contribution in [2.24, 2.45) is 5.92 Å². The molecule has 12 heteroatoms. The predicted molar refractivity (Wildman–Crippen MR) is 119 cm³/mol. The fourth-order valence-corrected chi connectivity index (χ4v) is 3.79. The molecule has 4 rings (SSSR count). The molecule has 3 N–H and O–H groups in total. The van der Waals surface area contributed by atoms with Crippen LogP contribution in [-0.4, -0.2) is 46.4 Å². The van der Waals surface area contributed by atoms with E-state index in [2.05, 4.69) is 25.3 Å². The largest absolute Gasteiger partial charge is 0.493 e. The van der Waals surface area contributed by atoms with Crippen LogP contribution in [0.25, 0.3) is 10.9 Å². The van der Waals surface area contributed by atoms with Crippen LogP contribution < -0.4 is 20.5 Å². The molecule has 0 radical (unpaired) electrons. The Morgan fingerprint density at radius 3 is 2.65 bits per heavy atom. The standard InChI is InChI=1S/C22H25F3N6O3/c1-11(13-4-5-33-10-13)34-18-7-15-16(8-17(18)32-3)28-12(2)29-20(15)27-9-14-6-19(22(23,24)25)31-21(26)30-14/h6-8,11,13H,4-5,9-10H2,1-3H3,(H2,26,30,31)(H,27,28,29)/t11?,13-/m1/s1. The highest BCUT2D eigenvalue weighted by atomic mass is 19.4. The summed E-state index contributed by atoms with van der Waals surface area (Å²) in [6.07, 6.45) is -3.83. The van der Waals surface area contributed by atoms with E-state index in [9.17, 15) is 13.2 Å². The number of nitrogens with zero attached hydrogens (tertiary/aromatic N) is 4. The molecule has 2 aromatic heterocycles. The van der Waals surface area contributed by atoms with Gasteiger partial charge in [0.15, 0.2) is 11.5 Å². The van der Waals surface area contributed by atoms with Crippen LogP contribution in [0, 0.1) is 12.8 Å². The molecule has 0 aliphatic carbocycles. The van der Waals surface area contributed by atoms with Crippen LogP contribution in [0.4, 0.5) is 24.9 Å². The van der Waals surface area contributed by atoms with Crippen molar-refractivity contribution < 1.29 is 27.4 Å². The number of ether oxygens (including phenoxy) is 3. The van der Waals surface area contributed by atoms with Crippen LogP contribution in [0.3, 0.4) is 0 Å². The SMILES string of the molecule is COc1cc2nc(C)nc(NCc3cc(C(F)(F)F)nc(N)n3)c2cc1OC(C)[C@@H]1CCOC1. The molecule has 1 aliphatic rings. The molecular formula is C22H25F3N6O3. The molecule has 0 amide bonds. The first kappa shape index (κ1) is 23.7. The van der Waals surface area contributed by atoms with Crippen LogP contribution in [-0.2, 0) is 17.5 Å². The Hall–Kier alpha value is -3.41. The molecule has 0 saturated carbocycles. The van der Waals surface area contributed by atoms with E-state index in [-0.39, 0.29) is 24.3 Å². The molecule has 1 aromatic carbocycles. The van der Waals surface area contributed by atoms with E-state index in [0.29, 0.717) is 47.3 Å². The van der Waals surface area contributed by atoms with E-state index < -0.39 is 17.8 Å². The number of anilines is 2. The summed E-state index contributed by atoms with van der Waals surface area (Å²) in [5.74, 6) is 1.72. The maximum absolute atomic E-state index is 13.1. The third-order valence-corrected chi connectivity index (χ3v) is 5.56. The van der Waals surface area contributed by atoms with E-state index in [0.717, 1.165) is 12.5 Å². The summed E-state index contributed by atoms with van der Waals surface area (Å²) in [7, 11) is 1.54. The Morgan fingerprint density at radius 2 is 1.97 bits per heavy atom. The maximum atomic E-state index is 13.1. The highest BCUT2D eigenvalue weighted by molar-refractivity contribution is 5.91. The summed E-state index contributed by atoms with van der Waals surface area (Å²) >= 11 is 0. The number of hydrogen-bond donors (Lipinski definition) is 2. The van der Waals surface area contributed by atoms with Gasteiger partial charge in [-0.2, -0.15) is 13.2 Å². The van der Waals surface area contributed by atoms with Crippen LogP contribution >= 0.6 is 0 Å². The van der Waals surface area contributed by atoms with Crippen molar-refractivity contribution in [2.45, 2.75) is 39.1 Å². The third-order valence-electron chi connectivity index (χ3n) is 5.56. The first-order valence-corrected chi connectivity index (χ1v) is 10.7. The summed E-state index contributed by atoms with van der Waals surface area (Å²) in [4.78, 5) is 16.0. The molecule has 34 heavy (non-hydrogen) atoms. The minimum atomic E-state index is -4.63. The lowest BCUT2D eigenvalue weighted by atomic mass is 10.0. The van der Waals surface area contributed by atoms with E-state index in [4.69, 9.17) is 19.9 Å². The second kappa shape index (κ2) is 9.45. The van der Waals surface area contributed by atoms with Crippen molar-refractivity contribution >= 4 is 22.7 Å². The minimum absolute atomic E-state index is 0.0562. The smallest absolute Gasteiger partial charge is 0.433 e. The molecule has 2 atom stereocenters. The Labute approximate surface area is 193 Å². The highest BCUT2D eigenvalue weighted by Crippen LogP contribution is 2.36. The third kappa shape index (κ3) is 5.22. The Bertz CT molecular complexity index is 1180. The Morgan fingerprint density at radius 1 is 1.18 bits per heavy atom. The zero-order valence-electron chi connectivity index (χ0n) is 18.9. The zero-order chi connectivity index (χ0) is 24.5. The summed E-state index contributed by atoms with van der Waals surface area (Å²) in [5.41, 5.74) is 5.03. The molecule has 3 aromatic rings. The van der Waals surface area contributed by atoms with Gasteiger partial charge in [0.1, 0.15) is 23.4 Å². The number of alkyl halides is 3. The first-order chi connectivity index (χ1) is 16.1. The Kier molecular flexibility index (Phi) is 6.60. The van der Waals surface area contributed by atoms with Crippen molar-refractivity contribution in [2.75, 3.05) is 31.4 Å². The van der Waals surface area contributed by atoms with Gasteiger partial charge >= 0.3 is 6.18 Å². The monoisotopic (exact) mass is 478 g/mol. The molecule has 1 saturated heterocycles. The van der Waals surface area contributed by atoms with Gasteiger partial charge < -0.3 is 25.3 Å². The van der Waals surface area contributed by atoms with Gasteiger partial charge in [0.05, 0.1) is 31.5 Å². The normalized spacial score (nSPS) is 17.1. The number of methoxy groups -OCH3 is 1. The molecule has 1 unspecified atom stereocenters. The van der Waals surface area contributed by atoms with Crippen molar-refractivity contribution in [3.63, 3.8) is 0 Å². The number of benzene rings is 1. The van der Waals surface area contributed by atoms with Gasteiger partial charge in [-0.3, -0.25) is 0 Å². The second-order valence-electron chi connectivity index (χ2n) is 8.04. The summed E-state index contributed by atoms with van der Waals surface area (Å²) < 4.78 is 56.4. The highest BCUT2D eigenvalue weighted by Gasteiger charge is 2.33. The number of aryl methyl sites for hydroxylation is 1. The quantitative estimate of drug-likeness (QED) is 0.523. The van der Waals surface area contributed by atoms with Gasteiger partial charge in [0.25, 0.3) is 0 Å². The number of hydrogen-bond acceptors (Lipinski definition) is 9. The van der Waals surface area contributed by atoms with Crippen molar-refractivity contribution in [3.05, 3.63) is 35.4 Å². The van der Waals surface area contributed by atoms with Gasteiger partial charge in [-0.15, -0.1) is 0 Å². The van der Waals surface area contributed by atoms with Gasteiger partial charge in [-0.25, -0.2) is 19.9 Å². The fourth-order valence-electron chi connectivity index (χ4n) is 3.79. The summed E-state index contributed by atoms with van der Waals surface area (Å²) in [6, 6.07) is 4.35. The molecule has 182 valence electrons. The van der Waals surface area contributed by atoms with Crippen LogP contribution in [0.15, 0.2) is 18.2 Å². The van der Waals surface area contributed by atoms with E-state index in [1.165, 1.54) is 0 Å². The average molecular weight is 478 g/mol. The van der Waals surface area contributed by atoms with Crippen molar-refractivity contribution in [1.82, 2.24) is 19.9 Å². The van der Waals surface area contributed by atoms with E-state index in [1.807, 2.05) is 6.92 Å². The molecule has 0 bridgehead atoms. The number of nitrogens with one attached hydrogen (secondary N) is 1. The number of halogens is 3. The molecule has 3 heterocycles. The Balaban J connectivity index is 1.65. The lowest BCUT2D eigenvalue weighted by Crippen LogP contribution is -2.24.